The van der Waals surface area contributed by atoms with E-state index < -0.39 is 5.60 Å². The van der Waals surface area contributed by atoms with Crippen molar-refractivity contribution in [2.75, 3.05) is 31.1 Å². The summed E-state index contributed by atoms with van der Waals surface area (Å²) >= 11 is 0. The van der Waals surface area contributed by atoms with E-state index in [0.29, 0.717) is 6.54 Å². The predicted octanol–water partition coefficient (Wildman–Crippen LogP) is 2.82. The van der Waals surface area contributed by atoms with Crippen LogP contribution >= 0.6 is 0 Å². The highest BCUT2D eigenvalue weighted by molar-refractivity contribution is 5.80. The van der Waals surface area contributed by atoms with Crippen molar-refractivity contribution in [2.24, 2.45) is 4.99 Å². The molecule has 0 radical (unpaired) electrons. The Morgan fingerprint density at radius 3 is 2.68 bits per heavy atom. The lowest BCUT2D eigenvalue weighted by Gasteiger charge is -2.35. The van der Waals surface area contributed by atoms with Gasteiger partial charge in [0, 0.05) is 25.3 Å². The number of nitrogens with zero attached hydrogens (tertiary/aromatic N) is 2. The first-order valence-corrected chi connectivity index (χ1v) is 9.72. The van der Waals surface area contributed by atoms with Gasteiger partial charge in [0.15, 0.2) is 5.96 Å². The Morgan fingerprint density at radius 1 is 1.28 bits per heavy atom. The minimum absolute atomic E-state index is 0.163. The van der Waals surface area contributed by atoms with Gasteiger partial charge >= 0.3 is 0 Å². The van der Waals surface area contributed by atoms with Crippen molar-refractivity contribution in [3.63, 3.8) is 0 Å². The topological polar surface area (TPSA) is 59.9 Å². The van der Waals surface area contributed by atoms with Crippen LogP contribution in [0.4, 0.5) is 5.69 Å². The maximum atomic E-state index is 10.3. The van der Waals surface area contributed by atoms with E-state index >= 15 is 0 Å². The van der Waals surface area contributed by atoms with E-state index in [2.05, 4.69) is 58.6 Å². The van der Waals surface area contributed by atoms with Crippen molar-refractivity contribution in [1.29, 1.82) is 0 Å². The fourth-order valence-corrected chi connectivity index (χ4v) is 3.54. The van der Waals surface area contributed by atoms with Crippen molar-refractivity contribution in [2.45, 2.75) is 57.6 Å². The summed E-state index contributed by atoms with van der Waals surface area (Å²) in [4.78, 5) is 7.07. The first-order valence-electron chi connectivity index (χ1n) is 9.72. The smallest absolute Gasteiger partial charge is 0.191 e. The largest absolute Gasteiger partial charge is 0.388 e. The van der Waals surface area contributed by atoms with Crippen LogP contribution in [-0.2, 0) is 0 Å². The van der Waals surface area contributed by atoms with Crippen molar-refractivity contribution < 1.29 is 5.11 Å². The van der Waals surface area contributed by atoms with E-state index in [-0.39, 0.29) is 6.04 Å². The summed E-state index contributed by atoms with van der Waals surface area (Å²) in [6, 6.07) is 8.96. The summed E-state index contributed by atoms with van der Waals surface area (Å²) in [6.45, 7) is 7.83. The second-order valence-electron chi connectivity index (χ2n) is 7.43. The molecular weight excluding hydrogens is 312 g/mol. The molecule has 3 N–H and O–H groups in total. The molecule has 138 valence electrons. The molecule has 1 unspecified atom stereocenters. The van der Waals surface area contributed by atoms with Crippen LogP contribution in [0.3, 0.4) is 0 Å². The van der Waals surface area contributed by atoms with Crippen molar-refractivity contribution in [1.82, 2.24) is 10.6 Å². The quantitative estimate of drug-likeness (QED) is 0.549. The van der Waals surface area contributed by atoms with Crippen LogP contribution in [-0.4, -0.2) is 42.8 Å². The van der Waals surface area contributed by atoms with Crippen LogP contribution < -0.4 is 15.5 Å². The molecule has 2 fully saturated rings. The van der Waals surface area contributed by atoms with Crippen LogP contribution in [0.2, 0.25) is 0 Å². The van der Waals surface area contributed by atoms with Gasteiger partial charge in [-0.2, -0.15) is 0 Å². The Morgan fingerprint density at radius 2 is 2.04 bits per heavy atom. The molecule has 3 rings (SSSR count). The number of guanidine groups is 1. The lowest BCUT2D eigenvalue weighted by molar-refractivity contribution is -0.0236. The third-order valence-corrected chi connectivity index (χ3v) is 5.35. The first-order chi connectivity index (χ1) is 12.1. The van der Waals surface area contributed by atoms with Gasteiger partial charge in [0.25, 0.3) is 0 Å². The normalized spacial score (nSPS) is 20.9. The van der Waals surface area contributed by atoms with E-state index in [0.717, 1.165) is 44.9 Å². The standard InChI is InChI=1S/C20H32N4O/c1-3-21-19(22-15-20(25)10-7-11-20)23-16(2)17-8-6-9-18(14-17)24-12-4-5-13-24/h6,8-9,14,16,25H,3-5,7,10-13,15H2,1-2H3,(H2,21,22,23). The summed E-state index contributed by atoms with van der Waals surface area (Å²) in [5.74, 6) is 0.780. The lowest BCUT2D eigenvalue weighted by atomic mass is 9.80. The Balaban J connectivity index is 1.65. The number of anilines is 1. The Hall–Kier alpha value is -1.75. The average Bonchev–Trinajstić information content (AvgIpc) is 3.13. The molecule has 1 atom stereocenters. The molecule has 1 aliphatic carbocycles. The van der Waals surface area contributed by atoms with E-state index in [9.17, 15) is 5.11 Å². The second kappa shape index (κ2) is 8.09. The summed E-state index contributed by atoms with van der Waals surface area (Å²) < 4.78 is 0. The molecule has 1 saturated heterocycles. The van der Waals surface area contributed by atoms with Crippen molar-refractivity contribution >= 4 is 11.6 Å². The third kappa shape index (κ3) is 4.66. The minimum Gasteiger partial charge on any atom is -0.388 e. The van der Waals surface area contributed by atoms with E-state index in [1.54, 1.807) is 0 Å². The molecule has 25 heavy (non-hydrogen) atoms. The molecule has 1 aliphatic heterocycles. The van der Waals surface area contributed by atoms with Crippen molar-refractivity contribution in [3.05, 3.63) is 29.8 Å². The van der Waals surface area contributed by atoms with E-state index in [1.165, 1.54) is 24.1 Å². The van der Waals surface area contributed by atoms with Crippen LogP contribution in [0.25, 0.3) is 0 Å². The second-order valence-corrected chi connectivity index (χ2v) is 7.43. The zero-order chi connectivity index (χ0) is 17.7. The number of aliphatic imine (C=N–C) groups is 1. The Bertz CT molecular complexity index is 591. The van der Waals surface area contributed by atoms with Gasteiger partial charge in [0.1, 0.15) is 0 Å². The number of hydrogen-bond acceptors (Lipinski definition) is 3. The number of benzene rings is 1. The van der Waals surface area contributed by atoms with Crippen molar-refractivity contribution in [3.8, 4) is 0 Å². The third-order valence-electron chi connectivity index (χ3n) is 5.35. The van der Waals surface area contributed by atoms with E-state index in [4.69, 9.17) is 0 Å². The zero-order valence-corrected chi connectivity index (χ0v) is 15.6. The molecule has 0 spiro atoms. The molecule has 1 saturated carbocycles. The highest BCUT2D eigenvalue weighted by atomic mass is 16.3. The molecule has 2 aliphatic rings. The molecule has 0 aromatic heterocycles. The summed E-state index contributed by atoms with van der Waals surface area (Å²) in [5, 5.41) is 17.0. The van der Waals surface area contributed by atoms with Gasteiger partial charge in [-0.15, -0.1) is 0 Å². The predicted molar refractivity (Wildman–Crippen MR) is 104 cm³/mol. The Labute approximate surface area is 151 Å². The number of rotatable bonds is 6. The van der Waals surface area contributed by atoms with Gasteiger partial charge in [-0.1, -0.05) is 12.1 Å². The van der Waals surface area contributed by atoms with Crippen LogP contribution in [0.5, 0.6) is 0 Å². The molecule has 5 heteroatoms. The maximum absolute atomic E-state index is 10.3. The molecular formula is C20H32N4O. The van der Waals surface area contributed by atoms with E-state index in [1.807, 2.05) is 0 Å². The molecule has 1 aromatic carbocycles. The lowest BCUT2D eigenvalue weighted by Crippen LogP contribution is -2.43. The number of hydrogen-bond donors (Lipinski definition) is 3. The van der Waals surface area contributed by atoms with Gasteiger partial charge < -0.3 is 20.6 Å². The number of nitrogens with one attached hydrogen (secondary N) is 2. The van der Waals surface area contributed by atoms with Gasteiger partial charge in [-0.05, 0) is 63.6 Å². The molecule has 1 heterocycles. The van der Waals surface area contributed by atoms with Crippen LogP contribution in [0.1, 0.15) is 57.6 Å². The summed E-state index contributed by atoms with van der Waals surface area (Å²) in [7, 11) is 0. The first kappa shape index (κ1) is 18.1. The van der Waals surface area contributed by atoms with Gasteiger partial charge in [-0.3, -0.25) is 4.99 Å². The molecule has 5 nitrogen and oxygen atoms in total. The highest BCUT2D eigenvalue weighted by Crippen LogP contribution is 2.31. The van der Waals surface area contributed by atoms with Crippen LogP contribution in [0.15, 0.2) is 29.3 Å². The van der Waals surface area contributed by atoms with Gasteiger partial charge in [0.2, 0.25) is 0 Å². The maximum Gasteiger partial charge on any atom is 0.191 e. The highest BCUT2D eigenvalue weighted by Gasteiger charge is 2.34. The van der Waals surface area contributed by atoms with Gasteiger partial charge in [-0.25, -0.2) is 0 Å². The summed E-state index contributed by atoms with van der Waals surface area (Å²) in [5.41, 5.74) is 1.99. The minimum atomic E-state index is -0.582. The van der Waals surface area contributed by atoms with Gasteiger partial charge in [0.05, 0.1) is 18.2 Å². The fraction of sp³-hybridized carbons (Fsp3) is 0.650. The molecule has 1 aromatic rings. The molecule has 0 bridgehead atoms. The monoisotopic (exact) mass is 344 g/mol. The van der Waals surface area contributed by atoms with Crippen LogP contribution in [0, 0.1) is 0 Å². The fourth-order valence-electron chi connectivity index (χ4n) is 3.54. The Kier molecular flexibility index (Phi) is 5.84. The summed E-state index contributed by atoms with van der Waals surface area (Å²) in [6.07, 6.45) is 5.42. The molecule has 0 amide bonds. The average molecular weight is 345 g/mol. The SMILES string of the molecule is CCNC(=NCC1(O)CCC1)NC(C)c1cccc(N2CCCC2)c1. The zero-order valence-electron chi connectivity index (χ0n) is 15.6. The number of aliphatic hydroxyl groups is 1.